The van der Waals surface area contributed by atoms with Crippen molar-refractivity contribution in [3.05, 3.63) is 29.3 Å². The van der Waals surface area contributed by atoms with E-state index in [2.05, 4.69) is 17.3 Å². The normalized spacial score (nSPS) is 31.7. The van der Waals surface area contributed by atoms with E-state index in [9.17, 15) is 14.4 Å². The summed E-state index contributed by atoms with van der Waals surface area (Å²) in [5.41, 5.74) is 1.98. The fourth-order valence-corrected chi connectivity index (χ4v) is 8.63. The Morgan fingerprint density at radius 3 is 2.37 bits per heavy atom. The summed E-state index contributed by atoms with van der Waals surface area (Å²) >= 11 is 0. The van der Waals surface area contributed by atoms with E-state index < -0.39 is 6.04 Å². The molecule has 4 bridgehead atoms. The zero-order valence-corrected chi connectivity index (χ0v) is 22.9. The summed E-state index contributed by atoms with van der Waals surface area (Å²) in [5, 5.41) is 2.36. The fraction of sp³-hybridized carbons (Fsp3) is 0.710. The van der Waals surface area contributed by atoms with Crippen molar-refractivity contribution in [2.45, 2.75) is 102 Å². The van der Waals surface area contributed by atoms with Gasteiger partial charge >= 0.3 is 0 Å². The zero-order valence-electron chi connectivity index (χ0n) is 22.9. The maximum atomic E-state index is 13.0. The number of nitrogens with one attached hydrogen (secondary N) is 1. The number of carbonyl (C=O) groups excluding carboxylic acids is 3. The molecule has 2 aliphatic heterocycles. The molecule has 206 valence electrons. The molecule has 1 saturated heterocycles. The minimum atomic E-state index is -0.595. The highest BCUT2D eigenvalue weighted by Gasteiger charge is 2.52. The third kappa shape index (κ3) is 4.99. The van der Waals surface area contributed by atoms with Crippen LogP contribution >= 0.6 is 0 Å². The first-order chi connectivity index (χ1) is 18.4. The second kappa shape index (κ2) is 10.6. The number of fused-ring (bicyclic) bond motifs is 1. The van der Waals surface area contributed by atoms with Gasteiger partial charge in [0.15, 0.2) is 0 Å². The quantitative estimate of drug-likeness (QED) is 0.338. The molecule has 2 heterocycles. The van der Waals surface area contributed by atoms with Crippen LogP contribution in [0.5, 0.6) is 5.75 Å². The number of hydrogen-bond donors (Lipinski definition) is 1. The van der Waals surface area contributed by atoms with Crippen LogP contribution in [0, 0.1) is 17.8 Å². The second-order valence-corrected chi connectivity index (χ2v) is 12.9. The lowest BCUT2D eigenvalue weighted by Gasteiger charge is -2.60. The van der Waals surface area contributed by atoms with Gasteiger partial charge in [-0.25, -0.2) is 0 Å². The van der Waals surface area contributed by atoms with Crippen LogP contribution in [0.2, 0.25) is 0 Å². The number of benzene rings is 1. The Morgan fingerprint density at radius 2 is 1.66 bits per heavy atom. The highest BCUT2D eigenvalue weighted by molar-refractivity contribution is 6.05. The first-order valence-corrected chi connectivity index (χ1v) is 15.0. The molecule has 7 rings (SSSR count). The molecule has 1 atom stereocenters. The summed E-state index contributed by atoms with van der Waals surface area (Å²) < 4.78 is 6.12. The molecule has 0 aromatic heterocycles. The van der Waals surface area contributed by atoms with Gasteiger partial charge in [-0.05, 0) is 101 Å². The minimum absolute atomic E-state index is 0.154. The monoisotopic (exact) mass is 521 g/mol. The van der Waals surface area contributed by atoms with Crippen LogP contribution < -0.4 is 10.1 Å². The van der Waals surface area contributed by atoms with Gasteiger partial charge in [-0.1, -0.05) is 25.3 Å². The van der Waals surface area contributed by atoms with E-state index in [1.54, 1.807) is 11.0 Å². The molecule has 7 heteroatoms. The van der Waals surface area contributed by atoms with Gasteiger partial charge in [-0.2, -0.15) is 0 Å². The van der Waals surface area contributed by atoms with Crippen LogP contribution in [0.4, 0.5) is 0 Å². The average molecular weight is 522 g/mol. The summed E-state index contributed by atoms with van der Waals surface area (Å²) in [6, 6.07) is 4.97. The molecule has 3 amide bonds. The van der Waals surface area contributed by atoms with Crippen molar-refractivity contribution in [1.82, 2.24) is 15.1 Å². The molecule has 4 saturated carbocycles. The van der Waals surface area contributed by atoms with Crippen molar-refractivity contribution in [3.8, 4) is 5.75 Å². The standard InChI is InChI=1S/C31H43N3O4/c1-33(31-17-21-14-22(18-31)16-23(15-21)19-31)12-5-3-2-4-6-13-38-27-9-7-8-24-25(27)20-34(30(24)37)26-10-11-28(35)32-29(26)36/h7-9,21-23,26H,2-6,10-20H2,1H3,(H,32,35,36). The van der Waals surface area contributed by atoms with Crippen LogP contribution in [0.15, 0.2) is 18.2 Å². The van der Waals surface area contributed by atoms with Gasteiger partial charge in [0.1, 0.15) is 11.8 Å². The number of piperidine rings is 1. The van der Waals surface area contributed by atoms with Crippen molar-refractivity contribution in [2.24, 2.45) is 17.8 Å². The van der Waals surface area contributed by atoms with Gasteiger partial charge in [0.25, 0.3) is 5.91 Å². The van der Waals surface area contributed by atoms with Crippen LogP contribution in [0.25, 0.3) is 0 Å². The summed E-state index contributed by atoms with van der Waals surface area (Å²) in [4.78, 5) is 41.1. The molecule has 6 aliphatic rings. The van der Waals surface area contributed by atoms with Crippen molar-refractivity contribution in [3.63, 3.8) is 0 Å². The van der Waals surface area contributed by atoms with Gasteiger partial charge in [-0.15, -0.1) is 0 Å². The largest absolute Gasteiger partial charge is 0.493 e. The first kappa shape index (κ1) is 25.8. The molecule has 5 fully saturated rings. The number of carbonyl (C=O) groups is 3. The van der Waals surface area contributed by atoms with Gasteiger partial charge in [-0.3, -0.25) is 19.7 Å². The maximum absolute atomic E-state index is 13.0. The van der Waals surface area contributed by atoms with E-state index in [1.807, 2.05) is 12.1 Å². The first-order valence-electron chi connectivity index (χ1n) is 15.0. The van der Waals surface area contributed by atoms with E-state index in [-0.39, 0.29) is 24.1 Å². The number of imide groups is 1. The van der Waals surface area contributed by atoms with E-state index in [0.29, 0.717) is 30.7 Å². The molecule has 38 heavy (non-hydrogen) atoms. The topological polar surface area (TPSA) is 79.0 Å². The van der Waals surface area contributed by atoms with Crippen molar-refractivity contribution < 1.29 is 19.1 Å². The SMILES string of the molecule is CN(CCCCCCCOc1cccc2c1CN(C1CCC(=O)NC1=O)C2=O)C12CC3CC(CC(C3)C1)C2. The summed E-state index contributed by atoms with van der Waals surface area (Å²) in [5.74, 6) is 2.96. The maximum Gasteiger partial charge on any atom is 0.255 e. The van der Waals surface area contributed by atoms with E-state index >= 15 is 0 Å². The highest BCUT2D eigenvalue weighted by Crippen LogP contribution is 2.57. The Hall–Kier alpha value is -2.41. The number of ether oxygens (including phenoxy) is 1. The number of unbranched alkanes of at least 4 members (excludes halogenated alkanes) is 4. The Labute approximate surface area is 226 Å². The van der Waals surface area contributed by atoms with Crippen LogP contribution in [0.3, 0.4) is 0 Å². The van der Waals surface area contributed by atoms with Gasteiger partial charge in [0, 0.05) is 23.1 Å². The van der Waals surface area contributed by atoms with E-state index in [0.717, 1.165) is 41.9 Å². The Morgan fingerprint density at radius 1 is 0.974 bits per heavy atom. The van der Waals surface area contributed by atoms with Crippen molar-refractivity contribution in [1.29, 1.82) is 0 Å². The highest BCUT2D eigenvalue weighted by atomic mass is 16.5. The molecular formula is C31H43N3O4. The van der Waals surface area contributed by atoms with Gasteiger partial charge in [0.2, 0.25) is 11.8 Å². The molecule has 1 aromatic rings. The lowest BCUT2D eigenvalue weighted by Crippen LogP contribution is -2.58. The predicted molar refractivity (Wildman–Crippen MR) is 145 cm³/mol. The van der Waals surface area contributed by atoms with E-state index in [1.165, 1.54) is 64.3 Å². The smallest absolute Gasteiger partial charge is 0.255 e. The van der Waals surface area contributed by atoms with Crippen LogP contribution in [0.1, 0.15) is 99.4 Å². The second-order valence-electron chi connectivity index (χ2n) is 12.9. The Kier molecular flexibility index (Phi) is 7.23. The Balaban J connectivity index is 0.909. The molecule has 1 unspecified atom stereocenters. The molecule has 1 aromatic carbocycles. The Bertz CT molecular complexity index is 1050. The number of nitrogens with zero attached hydrogens (tertiary/aromatic N) is 2. The van der Waals surface area contributed by atoms with Crippen molar-refractivity contribution >= 4 is 17.7 Å². The van der Waals surface area contributed by atoms with Crippen LogP contribution in [-0.2, 0) is 16.1 Å². The number of amides is 3. The fourth-order valence-electron chi connectivity index (χ4n) is 8.63. The minimum Gasteiger partial charge on any atom is -0.493 e. The average Bonchev–Trinajstić information content (AvgIpc) is 3.21. The summed E-state index contributed by atoms with van der Waals surface area (Å²) in [6.45, 7) is 2.22. The molecular weight excluding hydrogens is 478 g/mol. The third-order valence-electron chi connectivity index (χ3n) is 10.3. The van der Waals surface area contributed by atoms with Crippen LogP contribution in [-0.4, -0.2) is 59.3 Å². The predicted octanol–water partition coefficient (Wildman–Crippen LogP) is 4.68. The number of rotatable bonds is 11. The van der Waals surface area contributed by atoms with Crippen molar-refractivity contribution in [2.75, 3.05) is 20.2 Å². The summed E-state index contributed by atoms with van der Waals surface area (Å²) in [6.07, 6.45) is 15.4. The molecule has 0 radical (unpaired) electrons. The van der Waals surface area contributed by atoms with Gasteiger partial charge < -0.3 is 14.5 Å². The molecule has 7 nitrogen and oxygen atoms in total. The summed E-state index contributed by atoms with van der Waals surface area (Å²) in [7, 11) is 2.39. The van der Waals surface area contributed by atoms with E-state index in [4.69, 9.17) is 4.74 Å². The molecule has 4 aliphatic carbocycles. The molecule has 0 spiro atoms. The molecule has 1 N–H and O–H groups in total. The lowest BCUT2D eigenvalue weighted by molar-refractivity contribution is -0.136. The zero-order chi connectivity index (χ0) is 26.3. The number of hydrogen-bond acceptors (Lipinski definition) is 5. The third-order valence-corrected chi connectivity index (χ3v) is 10.3. The van der Waals surface area contributed by atoms with Gasteiger partial charge in [0.05, 0.1) is 13.2 Å². The lowest BCUT2D eigenvalue weighted by atomic mass is 9.52.